The summed E-state index contributed by atoms with van der Waals surface area (Å²) in [6, 6.07) is 11.3. The van der Waals surface area contributed by atoms with Gasteiger partial charge in [-0.25, -0.2) is 4.79 Å². The number of aryl methyl sites for hydroxylation is 1. The molecule has 2 amide bonds. The van der Waals surface area contributed by atoms with Gasteiger partial charge in [0.1, 0.15) is 18.4 Å². The van der Waals surface area contributed by atoms with Gasteiger partial charge in [0.15, 0.2) is 11.5 Å². The number of carboxylic acid groups (broad SMARTS) is 1. The minimum Gasteiger partial charge on any atom is -0.493 e. The highest BCUT2D eigenvalue weighted by molar-refractivity contribution is 6.38. The number of Topliss-reactive ketones (excluding diaryl/α,β-unsaturated/α-hetero) is 2. The Bertz CT molecular complexity index is 1550. The minimum atomic E-state index is -1.32. The van der Waals surface area contributed by atoms with Crippen LogP contribution in [0.1, 0.15) is 75.1 Å². The number of ketones is 2. The number of hydrogen-bond acceptors (Lipinski definition) is 9. The lowest BCUT2D eigenvalue weighted by atomic mass is 9.87. The zero-order valence-corrected chi connectivity index (χ0v) is 28.6. The standard InChI is InChI=1S/C37H46N2O10/c1-6-33(43)49-23-37(2,3)34(44)36(46)39-19-8-7-12-29(39)35(45)38-28(16-13-24-14-17-30(47-4)31(22-24)48-5)26-11-9-10-25(20-26)21-27(40)15-18-32(41)42/h6,9-11,14,17,20,22,28-29H,1,7-8,12-13,15-16,18-19,21,23H2,2-5H3,(H,38,45)(H,41,42)/t28-,29+/m1/s1. The number of nitrogens with one attached hydrogen (secondary N) is 1. The van der Waals surface area contributed by atoms with E-state index < -0.39 is 47.0 Å². The van der Waals surface area contributed by atoms with Crippen LogP contribution in [0.2, 0.25) is 0 Å². The molecular formula is C37H46N2O10. The Morgan fingerprint density at radius 3 is 2.41 bits per heavy atom. The summed E-state index contributed by atoms with van der Waals surface area (Å²) in [6.45, 7) is 6.25. The second-order valence-electron chi connectivity index (χ2n) is 12.7. The summed E-state index contributed by atoms with van der Waals surface area (Å²) in [5.41, 5.74) is 1.01. The summed E-state index contributed by atoms with van der Waals surface area (Å²) >= 11 is 0. The van der Waals surface area contributed by atoms with Crippen LogP contribution in [0, 0.1) is 5.41 Å². The van der Waals surface area contributed by atoms with Gasteiger partial charge in [0.05, 0.1) is 32.1 Å². The van der Waals surface area contributed by atoms with Gasteiger partial charge >= 0.3 is 11.9 Å². The van der Waals surface area contributed by atoms with E-state index in [9.17, 15) is 28.8 Å². The van der Waals surface area contributed by atoms with Gasteiger partial charge in [0.2, 0.25) is 11.7 Å². The number of amides is 2. The molecule has 0 spiro atoms. The van der Waals surface area contributed by atoms with Gasteiger partial charge in [-0.05, 0) is 74.8 Å². The fourth-order valence-electron chi connectivity index (χ4n) is 5.66. The van der Waals surface area contributed by atoms with Crippen LogP contribution < -0.4 is 14.8 Å². The van der Waals surface area contributed by atoms with Crippen LogP contribution in [0.15, 0.2) is 55.1 Å². The van der Waals surface area contributed by atoms with E-state index in [2.05, 4.69) is 11.9 Å². The third-order valence-electron chi connectivity index (χ3n) is 8.48. The molecule has 1 fully saturated rings. The molecule has 49 heavy (non-hydrogen) atoms. The van der Waals surface area contributed by atoms with E-state index in [0.717, 1.165) is 17.2 Å². The van der Waals surface area contributed by atoms with E-state index in [0.29, 0.717) is 49.2 Å². The number of hydrogen-bond donors (Lipinski definition) is 2. The Kier molecular flexibility index (Phi) is 14.1. The first kappa shape index (κ1) is 38.4. The number of esters is 1. The van der Waals surface area contributed by atoms with Crippen LogP contribution >= 0.6 is 0 Å². The van der Waals surface area contributed by atoms with Crippen molar-refractivity contribution in [1.29, 1.82) is 0 Å². The fraction of sp³-hybridized carbons (Fsp3) is 0.459. The van der Waals surface area contributed by atoms with Gasteiger partial charge in [-0.15, -0.1) is 0 Å². The van der Waals surface area contributed by atoms with E-state index in [1.54, 1.807) is 32.4 Å². The van der Waals surface area contributed by atoms with Crippen LogP contribution in [0.25, 0.3) is 0 Å². The molecule has 1 aliphatic rings. The Morgan fingerprint density at radius 1 is 1.00 bits per heavy atom. The zero-order chi connectivity index (χ0) is 36.1. The van der Waals surface area contributed by atoms with Gasteiger partial charge in [-0.3, -0.25) is 24.0 Å². The molecule has 1 heterocycles. The number of methoxy groups -OCH3 is 2. The Hall–Kier alpha value is -5.00. The second-order valence-corrected chi connectivity index (χ2v) is 12.7. The van der Waals surface area contributed by atoms with Crippen LogP contribution in [0.3, 0.4) is 0 Å². The molecule has 2 aromatic carbocycles. The summed E-state index contributed by atoms with van der Waals surface area (Å²) in [4.78, 5) is 77.2. The average Bonchev–Trinajstić information content (AvgIpc) is 3.10. The molecule has 264 valence electrons. The first-order valence-corrected chi connectivity index (χ1v) is 16.3. The first-order chi connectivity index (χ1) is 23.3. The van der Waals surface area contributed by atoms with E-state index in [1.807, 2.05) is 24.3 Å². The number of aliphatic carboxylic acids is 1. The molecule has 0 radical (unpaired) electrons. The highest BCUT2D eigenvalue weighted by Gasteiger charge is 2.41. The minimum absolute atomic E-state index is 0.0440. The highest BCUT2D eigenvalue weighted by Crippen LogP contribution is 2.30. The van der Waals surface area contributed by atoms with Crippen LogP contribution in [-0.2, 0) is 46.3 Å². The van der Waals surface area contributed by atoms with Crippen LogP contribution in [0.4, 0.5) is 0 Å². The predicted octanol–water partition coefficient (Wildman–Crippen LogP) is 4.18. The van der Waals surface area contributed by atoms with E-state index in [-0.39, 0.29) is 38.2 Å². The van der Waals surface area contributed by atoms with Gasteiger partial charge in [0.25, 0.3) is 5.91 Å². The van der Waals surface area contributed by atoms with E-state index in [1.165, 1.54) is 18.7 Å². The van der Waals surface area contributed by atoms with Crippen molar-refractivity contribution < 1.29 is 48.1 Å². The topological polar surface area (TPSA) is 166 Å². The number of carbonyl (C=O) groups is 6. The maximum absolute atomic E-state index is 14.0. The Balaban J connectivity index is 1.86. The first-order valence-electron chi connectivity index (χ1n) is 16.3. The van der Waals surface area contributed by atoms with Crippen molar-refractivity contribution in [3.05, 3.63) is 71.8 Å². The summed E-state index contributed by atoms with van der Waals surface area (Å²) in [7, 11) is 3.10. The molecule has 12 nitrogen and oxygen atoms in total. The number of carboxylic acids is 1. The van der Waals surface area contributed by atoms with Gasteiger partial charge in [-0.2, -0.15) is 0 Å². The monoisotopic (exact) mass is 678 g/mol. The maximum Gasteiger partial charge on any atom is 0.330 e. The molecule has 12 heteroatoms. The molecular weight excluding hydrogens is 632 g/mol. The number of likely N-dealkylation sites (tertiary alicyclic amines) is 1. The van der Waals surface area contributed by atoms with Gasteiger partial charge in [-0.1, -0.05) is 36.9 Å². The van der Waals surface area contributed by atoms with Crippen molar-refractivity contribution in [3.8, 4) is 11.5 Å². The number of piperidine rings is 1. The fourth-order valence-corrected chi connectivity index (χ4v) is 5.66. The summed E-state index contributed by atoms with van der Waals surface area (Å²) < 4.78 is 15.9. The van der Waals surface area contributed by atoms with Crippen molar-refractivity contribution in [1.82, 2.24) is 10.2 Å². The van der Waals surface area contributed by atoms with E-state index >= 15 is 0 Å². The Labute approximate surface area is 286 Å². The third-order valence-corrected chi connectivity index (χ3v) is 8.48. The largest absolute Gasteiger partial charge is 0.493 e. The molecule has 2 aromatic rings. The van der Waals surface area contributed by atoms with Gasteiger partial charge in [0, 0.05) is 25.5 Å². The molecule has 2 N–H and O–H groups in total. The third kappa shape index (κ3) is 11.0. The lowest BCUT2D eigenvalue weighted by molar-refractivity contribution is -0.157. The molecule has 0 bridgehead atoms. The summed E-state index contributed by atoms with van der Waals surface area (Å²) in [5.74, 6) is -2.84. The number of carbonyl (C=O) groups excluding carboxylic acids is 5. The maximum atomic E-state index is 14.0. The predicted molar refractivity (Wildman–Crippen MR) is 180 cm³/mol. The molecule has 2 atom stereocenters. The molecule has 0 aromatic heterocycles. The van der Waals surface area contributed by atoms with Crippen LogP contribution in [0.5, 0.6) is 11.5 Å². The molecule has 0 unspecified atom stereocenters. The molecule has 1 aliphatic heterocycles. The lowest BCUT2D eigenvalue weighted by Gasteiger charge is -2.36. The van der Waals surface area contributed by atoms with E-state index in [4.69, 9.17) is 19.3 Å². The summed E-state index contributed by atoms with van der Waals surface area (Å²) in [5, 5.41) is 12.1. The number of rotatable bonds is 18. The molecule has 3 rings (SSSR count). The normalized spacial score (nSPS) is 15.0. The van der Waals surface area contributed by atoms with Crippen molar-refractivity contribution in [2.24, 2.45) is 5.41 Å². The highest BCUT2D eigenvalue weighted by atomic mass is 16.5. The van der Waals surface area contributed by atoms with Crippen molar-refractivity contribution in [2.45, 2.75) is 77.3 Å². The second kappa shape index (κ2) is 18.0. The molecule has 0 saturated carbocycles. The SMILES string of the molecule is C=CC(=O)OCC(C)(C)C(=O)C(=O)N1CCCC[C@H]1C(=O)N[C@H](CCc1ccc(OC)c(OC)c1)c1cccc(CC(=O)CCC(=O)O)c1. The van der Waals surface area contributed by atoms with Crippen molar-refractivity contribution in [2.75, 3.05) is 27.4 Å². The molecule has 0 aliphatic carbocycles. The quantitative estimate of drug-likeness (QED) is 0.133. The zero-order valence-electron chi connectivity index (χ0n) is 28.6. The molecule has 1 saturated heterocycles. The Morgan fingerprint density at radius 2 is 1.73 bits per heavy atom. The number of nitrogens with zero attached hydrogens (tertiary/aromatic N) is 1. The van der Waals surface area contributed by atoms with Gasteiger partial charge < -0.3 is 29.5 Å². The smallest absolute Gasteiger partial charge is 0.330 e. The van der Waals surface area contributed by atoms with Crippen molar-refractivity contribution in [3.63, 3.8) is 0 Å². The average molecular weight is 679 g/mol. The summed E-state index contributed by atoms with van der Waals surface area (Å²) in [6.07, 6.45) is 3.31. The number of benzene rings is 2. The van der Waals surface area contributed by atoms with Crippen LogP contribution in [-0.4, -0.2) is 78.7 Å². The number of ether oxygens (including phenoxy) is 3. The van der Waals surface area contributed by atoms with Crippen molar-refractivity contribution >= 4 is 35.3 Å². The lowest BCUT2D eigenvalue weighted by Crippen LogP contribution is -2.56.